The van der Waals surface area contributed by atoms with Crippen LogP contribution < -0.4 is 0 Å². The third-order valence-electron chi connectivity index (χ3n) is 4.88. The average molecular weight is 341 g/mol. The molecule has 0 unspecified atom stereocenters. The van der Waals surface area contributed by atoms with Gasteiger partial charge in [-0.25, -0.2) is 0 Å². The standard InChI is InChI=1S/C17H19N5O3/c1-21-14-9-22(6-4-15(14)25-10-16(21)23)17(24)13-7-12(19-20-13)11-3-2-5-18-8-11/h2-3,5,7-8,14-15H,4,6,9-10H2,1H3,(H,19,20)/t14-,15+/m0/s1. The average Bonchev–Trinajstić information content (AvgIpc) is 3.15. The minimum Gasteiger partial charge on any atom is -0.366 e. The first kappa shape index (κ1) is 15.8. The van der Waals surface area contributed by atoms with Crippen LogP contribution in [0.1, 0.15) is 16.9 Å². The third-order valence-corrected chi connectivity index (χ3v) is 4.88. The van der Waals surface area contributed by atoms with Crippen LogP contribution in [0.5, 0.6) is 0 Å². The summed E-state index contributed by atoms with van der Waals surface area (Å²) in [6, 6.07) is 5.35. The number of hydrogen-bond acceptors (Lipinski definition) is 5. The van der Waals surface area contributed by atoms with Crippen molar-refractivity contribution >= 4 is 11.8 Å². The van der Waals surface area contributed by atoms with Crippen molar-refractivity contribution < 1.29 is 14.3 Å². The highest BCUT2D eigenvalue weighted by Crippen LogP contribution is 2.24. The van der Waals surface area contributed by atoms with Crippen LogP contribution in [0.4, 0.5) is 0 Å². The summed E-state index contributed by atoms with van der Waals surface area (Å²) in [7, 11) is 1.77. The number of amides is 2. The number of pyridine rings is 1. The van der Waals surface area contributed by atoms with Gasteiger partial charge in [0.1, 0.15) is 12.3 Å². The summed E-state index contributed by atoms with van der Waals surface area (Å²) < 4.78 is 5.60. The number of nitrogens with zero attached hydrogens (tertiary/aromatic N) is 4. The molecule has 2 atom stereocenters. The summed E-state index contributed by atoms with van der Waals surface area (Å²) in [6.45, 7) is 1.19. The Morgan fingerprint density at radius 3 is 3.12 bits per heavy atom. The number of carbonyl (C=O) groups is 2. The molecule has 2 aliphatic heterocycles. The molecule has 0 spiro atoms. The van der Waals surface area contributed by atoms with E-state index in [1.54, 1.807) is 35.3 Å². The van der Waals surface area contributed by atoms with Gasteiger partial charge < -0.3 is 14.5 Å². The van der Waals surface area contributed by atoms with Crippen LogP contribution in [0.3, 0.4) is 0 Å². The van der Waals surface area contributed by atoms with Crippen LogP contribution in [-0.4, -0.2) is 75.7 Å². The first-order valence-corrected chi connectivity index (χ1v) is 8.26. The predicted molar refractivity (Wildman–Crippen MR) is 88.6 cm³/mol. The maximum absolute atomic E-state index is 12.8. The molecular formula is C17H19N5O3. The van der Waals surface area contributed by atoms with Crippen molar-refractivity contribution in [1.82, 2.24) is 25.0 Å². The van der Waals surface area contributed by atoms with Crippen LogP contribution in [-0.2, 0) is 9.53 Å². The van der Waals surface area contributed by atoms with Gasteiger partial charge in [0.2, 0.25) is 5.91 Å². The van der Waals surface area contributed by atoms with Crippen LogP contribution >= 0.6 is 0 Å². The molecule has 25 heavy (non-hydrogen) atoms. The van der Waals surface area contributed by atoms with E-state index in [0.717, 1.165) is 12.0 Å². The monoisotopic (exact) mass is 341 g/mol. The zero-order chi connectivity index (χ0) is 17.4. The molecule has 8 heteroatoms. The Morgan fingerprint density at radius 2 is 2.32 bits per heavy atom. The lowest BCUT2D eigenvalue weighted by Gasteiger charge is -2.45. The third kappa shape index (κ3) is 2.89. The van der Waals surface area contributed by atoms with Gasteiger partial charge in [-0.1, -0.05) is 0 Å². The first-order chi connectivity index (χ1) is 12.1. The zero-order valence-corrected chi connectivity index (χ0v) is 13.9. The number of aromatic nitrogens is 3. The number of carbonyl (C=O) groups excluding carboxylic acids is 2. The van der Waals surface area contributed by atoms with E-state index in [1.165, 1.54) is 0 Å². The summed E-state index contributed by atoms with van der Waals surface area (Å²) in [5.74, 6) is -0.163. The highest BCUT2D eigenvalue weighted by Gasteiger charge is 2.40. The molecule has 2 saturated heterocycles. The van der Waals surface area contributed by atoms with E-state index in [2.05, 4.69) is 15.2 Å². The van der Waals surface area contributed by atoms with Crippen molar-refractivity contribution in [2.24, 2.45) is 0 Å². The van der Waals surface area contributed by atoms with Crippen LogP contribution in [0.15, 0.2) is 30.6 Å². The second kappa shape index (κ2) is 6.29. The number of H-pyrrole nitrogens is 1. The summed E-state index contributed by atoms with van der Waals surface area (Å²) in [4.78, 5) is 32.1. The fraction of sp³-hybridized carbons (Fsp3) is 0.412. The molecule has 2 aromatic rings. The number of aromatic amines is 1. The second-order valence-corrected chi connectivity index (χ2v) is 6.37. The Hall–Kier alpha value is -2.74. The highest BCUT2D eigenvalue weighted by atomic mass is 16.5. The lowest BCUT2D eigenvalue weighted by Crippen LogP contribution is -2.61. The van der Waals surface area contributed by atoms with Crippen LogP contribution in [0.2, 0.25) is 0 Å². The van der Waals surface area contributed by atoms with Crippen molar-refractivity contribution in [2.45, 2.75) is 18.6 Å². The number of ether oxygens (including phenoxy) is 1. The van der Waals surface area contributed by atoms with Gasteiger partial charge in [-0.3, -0.25) is 19.7 Å². The number of nitrogens with one attached hydrogen (secondary N) is 1. The molecule has 130 valence electrons. The number of morpholine rings is 1. The maximum Gasteiger partial charge on any atom is 0.271 e. The molecule has 2 aliphatic rings. The van der Waals surface area contributed by atoms with E-state index in [1.807, 2.05) is 12.1 Å². The molecule has 0 bridgehead atoms. The van der Waals surface area contributed by atoms with Gasteiger partial charge in [0.05, 0.1) is 17.8 Å². The van der Waals surface area contributed by atoms with Gasteiger partial charge in [-0.15, -0.1) is 0 Å². The van der Waals surface area contributed by atoms with Gasteiger partial charge in [0.15, 0.2) is 0 Å². The Balaban J connectivity index is 1.50. The van der Waals surface area contributed by atoms with Crippen molar-refractivity contribution in [3.05, 3.63) is 36.3 Å². The van der Waals surface area contributed by atoms with E-state index in [0.29, 0.717) is 24.5 Å². The Bertz CT molecular complexity index is 791. The number of fused-ring (bicyclic) bond motifs is 1. The van der Waals surface area contributed by atoms with Crippen molar-refractivity contribution in [3.8, 4) is 11.3 Å². The molecule has 2 amide bonds. The molecule has 8 nitrogen and oxygen atoms in total. The molecule has 0 saturated carbocycles. The minimum absolute atomic E-state index is 0.000490. The lowest BCUT2D eigenvalue weighted by atomic mass is 9.98. The molecule has 0 aliphatic carbocycles. The summed E-state index contributed by atoms with van der Waals surface area (Å²) in [5.41, 5.74) is 1.96. The lowest BCUT2D eigenvalue weighted by molar-refractivity contribution is -0.159. The van der Waals surface area contributed by atoms with Crippen LogP contribution in [0, 0.1) is 0 Å². The van der Waals surface area contributed by atoms with Gasteiger partial charge in [0.25, 0.3) is 5.91 Å². The topological polar surface area (TPSA) is 91.4 Å². The second-order valence-electron chi connectivity index (χ2n) is 6.37. The Labute approximate surface area is 144 Å². The van der Waals surface area contributed by atoms with Gasteiger partial charge in [0, 0.05) is 38.1 Å². The predicted octanol–water partition coefficient (Wildman–Crippen LogP) is 0.543. The molecule has 2 fully saturated rings. The zero-order valence-electron chi connectivity index (χ0n) is 13.9. The van der Waals surface area contributed by atoms with Gasteiger partial charge in [-0.2, -0.15) is 5.10 Å². The highest BCUT2D eigenvalue weighted by molar-refractivity contribution is 5.93. The normalized spacial score (nSPS) is 23.5. The van der Waals surface area contributed by atoms with Crippen LogP contribution in [0.25, 0.3) is 11.3 Å². The van der Waals surface area contributed by atoms with E-state index in [9.17, 15) is 9.59 Å². The Morgan fingerprint density at radius 1 is 1.44 bits per heavy atom. The number of piperidine rings is 1. The molecule has 0 aromatic carbocycles. The van der Waals surface area contributed by atoms with Crippen molar-refractivity contribution in [3.63, 3.8) is 0 Å². The van der Waals surface area contributed by atoms with E-state index in [-0.39, 0.29) is 30.6 Å². The fourth-order valence-electron chi connectivity index (χ4n) is 3.39. The smallest absolute Gasteiger partial charge is 0.271 e. The number of rotatable bonds is 2. The molecule has 4 rings (SSSR count). The van der Waals surface area contributed by atoms with E-state index < -0.39 is 0 Å². The molecular weight excluding hydrogens is 322 g/mol. The van der Waals surface area contributed by atoms with Gasteiger partial charge in [-0.05, 0) is 24.6 Å². The van der Waals surface area contributed by atoms with E-state index >= 15 is 0 Å². The summed E-state index contributed by atoms with van der Waals surface area (Å²) in [6.07, 6.45) is 4.11. The van der Waals surface area contributed by atoms with Gasteiger partial charge >= 0.3 is 0 Å². The van der Waals surface area contributed by atoms with Crippen molar-refractivity contribution in [1.29, 1.82) is 0 Å². The summed E-state index contributed by atoms with van der Waals surface area (Å²) >= 11 is 0. The maximum atomic E-state index is 12.8. The largest absolute Gasteiger partial charge is 0.366 e. The SMILES string of the molecule is CN1C(=O)CO[C@@H]2CCN(C(=O)c3cc(-c4cccnc4)n[nH]3)C[C@@H]21. The molecule has 1 N–H and O–H groups in total. The Kier molecular flexibility index (Phi) is 3.96. The first-order valence-electron chi connectivity index (χ1n) is 8.26. The summed E-state index contributed by atoms with van der Waals surface area (Å²) in [5, 5.41) is 7.02. The fourth-order valence-corrected chi connectivity index (χ4v) is 3.39. The van der Waals surface area contributed by atoms with Crippen molar-refractivity contribution in [2.75, 3.05) is 26.7 Å². The molecule has 4 heterocycles. The van der Waals surface area contributed by atoms with E-state index in [4.69, 9.17) is 4.74 Å². The number of hydrogen-bond donors (Lipinski definition) is 1. The molecule has 0 radical (unpaired) electrons. The minimum atomic E-state index is -0.118. The number of likely N-dealkylation sites (N-methyl/N-ethyl adjacent to an activating group) is 1. The molecule has 2 aromatic heterocycles. The quantitative estimate of drug-likeness (QED) is 0.861. The number of likely N-dealkylation sites (tertiary alicyclic amines) is 1.